The van der Waals surface area contributed by atoms with Gasteiger partial charge in [0.05, 0.1) is 6.54 Å². The van der Waals surface area contributed by atoms with Crippen LogP contribution < -0.4 is 10.1 Å². The number of benzene rings is 1. The number of nitrogens with one attached hydrogen (secondary N) is 1. The van der Waals surface area contributed by atoms with Crippen LogP contribution >= 0.6 is 0 Å². The maximum absolute atomic E-state index is 12.1. The summed E-state index contributed by atoms with van der Waals surface area (Å²) in [5.74, 6) is 0.803. The third kappa shape index (κ3) is 5.42. The lowest BCUT2D eigenvalue weighted by Crippen LogP contribution is -2.29. The first-order chi connectivity index (χ1) is 8.63. The molecule has 1 N–H and O–H groups in total. The minimum Gasteiger partial charge on any atom is -0.492 e. The molecule has 0 aliphatic carbocycles. The van der Waals surface area contributed by atoms with Crippen LogP contribution in [0.1, 0.15) is 5.56 Å². The molecule has 1 aromatic rings. The predicted molar refractivity (Wildman–Crippen MR) is 68.2 cm³/mol. The summed E-state index contributed by atoms with van der Waals surface area (Å²) in [5.41, 5.74) is 1.07. The highest BCUT2D eigenvalue weighted by molar-refractivity contribution is 5.33. The summed E-state index contributed by atoms with van der Waals surface area (Å²) in [6, 6.07) is 7.72. The molecule has 1 rings (SSSR count). The fraction of sp³-hybridized carbons (Fsp3) is 0.538. The van der Waals surface area contributed by atoms with Crippen LogP contribution in [0.5, 0.6) is 5.75 Å². The minimum absolute atomic E-state index is 0.221. The number of alkyl halides is 2. The van der Waals surface area contributed by atoms with Gasteiger partial charge in [-0.1, -0.05) is 18.2 Å². The van der Waals surface area contributed by atoms with Crippen LogP contribution in [-0.2, 0) is 6.54 Å². The van der Waals surface area contributed by atoms with Crippen molar-refractivity contribution in [2.45, 2.75) is 13.0 Å². The number of ether oxygens (including phenoxy) is 1. The summed E-state index contributed by atoms with van der Waals surface area (Å²) < 4.78 is 29.8. The van der Waals surface area contributed by atoms with Crippen LogP contribution in [0.15, 0.2) is 24.3 Å². The van der Waals surface area contributed by atoms with Crippen molar-refractivity contribution >= 4 is 0 Å². The normalized spacial score (nSPS) is 11.2. The molecule has 0 atom stereocenters. The van der Waals surface area contributed by atoms with E-state index in [1.54, 1.807) is 11.9 Å². The molecule has 3 nitrogen and oxygen atoms in total. The second kappa shape index (κ2) is 8.00. The van der Waals surface area contributed by atoms with E-state index in [4.69, 9.17) is 4.74 Å². The van der Waals surface area contributed by atoms with Crippen molar-refractivity contribution in [1.29, 1.82) is 0 Å². The molecule has 0 bridgehead atoms. The SMILES string of the molecule is CNCc1ccccc1OCCN(C)CC(F)F. The number of halogens is 2. The predicted octanol–water partition coefficient (Wildman–Crippen LogP) is 1.98. The Morgan fingerprint density at radius 1 is 1.33 bits per heavy atom. The zero-order chi connectivity index (χ0) is 13.4. The van der Waals surface area contributed by atoms with E-state index in [0.29, 0.717) is 13.2 Å². The zero-order valence-electron chi connectivity index (χ0n) is 10.8. The number of rotatable bonds is 8. The Bertz CT molecular complexity index is 348. The number of nitrogens with zero attached hydrogens (tertiary/aromatic N) is 1. The van der Waals surface area contributed by atoms with Crippen LogP contribution in [-0.4, -0.2) is 45.1 Å². The van der Waals surface area contributed by atoms with Gasteiger partial charge < -0.3 is 10.1 Å². The highest BCUT2D eigenvalue weighted by Gasteiger charge is 2.08. The molecule has 0 spiro atoms. The first-order valence-electron chi connectivity index (χ1n) is 5.95. The van der Waals surface area contributed by atoms with Gasteiger partial charge in [-0.3, -0.25) is 4.90 Å². The van der Waals surface area contributed by atoms with Gasteiger partial charge in [-0.2, -0.15) is 0 Å². The summed E-state index contributed by atoms with van der Waals surface area (Å²) in [4.78, 5) is 1.56. The topological polar surface area (TPSA) is 24.5 Å². The molecule has 0 aromatic heterocycles. The lowest BCUT2D eigenvalue weighted by atomic mass is 10.2. The molecule has 0 amide bonds. The second-order valence-corrected chi connectivity index (χ2v) is 4.14. The Labute approximate surface area is 107 Å². The molecule has 18 heavy (non-hydrogen) atoms. The number of hydrogen-bond acceptors (Lipinski definition) is 3. The fourth-order valence-electron chi connectivity index (χ4n) is 1.62. The van der Waals surface area contributed by atoms with Gasteiger partial charge in [0.1, 0.15) is 12.4 Å². The molecular formula is C13H20F2N2O. The summed E-state index contributed by atoms with van der Waals surface area (Å²) in [5, 5.41) is 3.06. The maximum Gasteiger partial charge on any atom is 0.251 e. The number of likely N-dealkylation sites (N-methyl/N-ethyl adjacent to an activating group) is 1. The molecule has 0 fully saturated rings. The molecule has 0 saturated carbocycles. The van der Waals surface area contributed by atoms with Gasteiger partial charge >= 0.3 is 0 Å². The van der Waals surface area contributed by atoms with Crippen LogP contribution in [0, 0.1) is 0 Å². The Morgan fingerprint density at radius 2 is 2.06 bits per heavy atom. The van der Waals surface area contributed by atoms with Gasteiger partial charge in [0.25, 0.3) is 6.43 Å². The zero-order valence-corrected chi connectivity index (χ0v) is 10.8. The van der Waals surface area contributed by atoms with Gasteiger partial charge in [0.15, 0.2) is 0 Å². The van der Waals surface area contributed by atoms with Crippen LogP contribution in [0.3, 0.4) is 0 Å². The third-order valence-electron chi connectivity index (χ3n) is 2.52. The summed E-state index contributed by atoms with van der Waals surface area (Å²) >= 11 is 0. The monoisotopic (exact) mass is 258 g/mol. The molecular weight excluding hydrogens is 238 g/mol. The van der Waals surface area contributed by atoms with Crippen molar-refractivity contribution in [1.82, 2.24) is 10.2 Å². The van der Waals surface area contributed by atoms with Crippen LogP contribution in [0.4, 0.5) is 8.78 Å². The molecule has 5 heteroatoms. The lowest BCUT2D eigenvalue weighted by Gasteiger charge is -2.17. The van der Waals surface area contributed by atoms with Gasteiger partial charge in [-0.25, -0.2) is 8.78 Å². The van der Waals surface area contributed by atoms with Gasteiger partial charge in [0.2, 0.25) is 0 Å². The van der Waals surface area contributed by atoms with E-state index in [9.17, 15) is 8.78 Å². The van der Waals surface area contributed by atoms with Gasteiger partial charge in [-0.05, 0) is 20.2 Å². The van der Waals surface area contributed by atoms with Crippen molar-refractivity contribution in [3.8, 4) is 5.75 Å². The molecule has 0 radical (unpaired) electrons. The summed E-state index contributed by atoms with van der Waals surface area (Å²) in [7, 11) is 3.53. The summed E-state index contributed by atoms with van der Waals surface area (Å²) in [6.45, 7) is 1.40. The average Bonchev–Trinajstić information content (AvgIpc) is 2.30. The minimum atomic E-state index is -2.30. The Hall–Kier alpha value is -1.20. The quantitative estimate of drug-likeness (QED) is 0.771. The van der Waals surface area contributed by atoms with Crippen molar-refractivity contribution in [2.24, 2.45) is 0 Å². The largest absolute Gasteiger partial charge is 0.492 e. The lowest BCUT2D eigenvalue weighted by molar-refractivity contribution is 0.0934. The Kier molecular flexibility index (Phi) is 6.60. The van der Waals surface area contributed by atoms with E-state index in [1.165, 1.54) is 0 Å². The molecule has 102 valence electrons. The van der Waals surface area contributed by atoms with E-state index >= 15 is 0 Å². The Balaban J connectivity index is 2.39. The van der Waals surface area contributed by atoms with E-state index in [-0.39, 0.29) is 6.54 Å². The maximum atomic E-state index is 12.1. The molecule has 0 aliphatic rings. The van der Waals surface area contributed by atoms with Crippen molar-refractivity contribution in [3.05, 3.63) is 29.8 Å². The molecule has 1 aromatic carbocycles. The smallest absolute Gasteiger partial charge is 0.251 e. The molecule has 0 aliphatic heterocycles. The number of para-hydroxylation sites is 1. The van der Waals surface area contributed by atoms with Gasteiger partial charge in [0, 0.05) is 18.7 Å². The molecule has 0 saturated heterocycles. The third-order valence-corrected chi connectivity index (χ3v) is 2.52. The number of hydrogen-bond donors (Lipinski definition) is 1. The van der Waals surface area contributed by atoms with Crippen molar-refractivity contribution in [2.75, 3.05) is 33.8 Å². The molecule has 0 heterocycles. The van der Waals surface area contributed by atoms with Crippen LogP contribution in [0.2, 0.25) is 0 Å². The highest BCUT2D eigenvalue weighted by atomic mass is 19.3. The van der Waals surface area contributed by atoms with Crippen molar-refractivity contribution in [3.63, 3.8) is 0 Å². The average molecular weight is 258 g/mol. The Morgan fingerprint density at radius 3 is 2.72 bits per heavy atom. The standard InChI is InChI=1S/C13H20F2N2O/c1-16-9-11-5-3-4-6-12(11)18-8-7-17(2)10-13(14)15/h3-6,13,16H,7-10H2,1-2H3. The van der Waals surface area contributed by atoms with E-state index in [1.807, 2.05) is 31.3 Å². The van der Waals surface area contributed by atoms with E-state index < -0.39 is 6.43 Å². The second-order valence-electron chi connectivity index (χ2n) is 4.14. The van der Waals surface area contributed by atoms with E-state index in [2.05, 4.69) is 5.32 Å². The van der Waals surface area contributed by atoms with Gasteiger partial charge in [-0.15, -0.1) is 0 Å². The van der Waals surface area contributed by atoms with Crippen LogP contribution in [0.25, 0.3) is 0 Å². The first-order valence-corrected chi connectivity index (χ1v) is 5.95. The highest BCUT2D eigenvalue weighted by Crippen LogP contribution is 2.17. The fourth-order valence-corrected chi connectivity index (χ4v) is 1.62. The first kappa shape index (κ1) is 14.9. The van der Waals surface area contributed by atoms with E-state index in [0.717, 1.165) is 17.9 Å². The molecule has 0 unspecified atom stereocenters. The summed E-state index contributed by atoms with van der Waals surface area (Å²) in [6.07, 6.45) is -2.30. The van der Waals surface area contributed by atoms with Crippen molar-refractivity contribution < 1.29 is 13.5 Å².